The van der Waals surface area contributed by atoms with E-state index >= 15 is 0 Å². The summed E-state index contributed by atoms with van der Waals surface area (Å²) in [6.45, 7) is 4.35. The number of halogens is 3. The Hall–Kier alpha value is -1.77. The second-order valence-electron chi connectivity index (χ2n) is 5.39. The molecule has 0 fully saturated rings. The zero-order valence-electron chi connectivity index (χ0n) is 12.2. The molecule has 0 bridgehead atoms. The fourth-order valence-electron chi connectivity index (χ4n) is 2.46. The van der Waals surface area contributed by atoms with Crippen molar-refractivity contribution in [3.05, 3.63) is 59.7 Å². The van der Waals surface area contributed by atoms with Gasteiger partial charge in [0.15, 0.2) is 0 Å². The standard InChI is InChI=1S/C18H19F3/c1-3-4-13(2)14-5-7-15(8-6-14)16-9-11-17(12-10-16)18(19,20)21/h5-13H,3-4H2,1-2H3. The molecule has 0 radical (unpaired) electrons. The predicted molar refractivity (Wildman–Crippen MR) is 80.2 cm³/mol. The summed E-state index contributed by atoms with van der Waals surface area (Å²) in [6.07, 6.45) is -2.00. The third-order valence-electron chi connectivity index (χ3n) is 3.75. The average molecular weight is 292 g/mol. The van der Waals surface area contributed by atoms with Crippen LogP contribution in [0.4, 0.5) is 13.2 Å². The molecule has 0 heterocycles. The van der Waals surface area contributed by atoms with Crippen molar-refractivity contribution in [1.82, 2.24) is 0 Å². The van der Waals surface area contributed by atoms with Crippen LogP contribution in [0.2, 0.25) is 0 Å². The second kappa shape index (κ2) is 6.33. The molecule has 3 heteroatoms. The van der Waals surface area contributed by atoms with Gasteiger partial charge in [-0.15, -0.1) is 0 Å². The molecule has 0 spiro atoms. The summed E-state index contributed by atoms with van der Waals surface area (Å²) in [5.41, 5.74) is 2.40. The fourth-order valence-corrected chi connectivity index (χ4v) is 2.46. The van der Waals surface area contributed by atoms with Crippen LogP contribution in [0.15, 0.2) is 48.5 Å². The molecule has 2 aromatic rings. The third-order valence-corrected chi connectivity index (χ3v) is 3.75. The zero-order valence-corrected chi connectivity index (χ0v) is 12.2. The fraction of sp³-hybridized carbons (Fsp3) is 0.333. The van der Waals surface area contributed by atoms with Crippen LogP contribution in [-0.2, 0) is 6.18 Å². The van der Waals surface area contributed by atoms with Crippen molar-refractivity contribution in [3.63, 3.8) is 0 Å². The molecular formula is C18H19F3. The molecule has 0 aliphatic heterocycles. The summed E-state index contributed by atoms with van der Waals surface area (Å²) >= 11 is 0. The lowest BCUT2D eigenvalue weighted by Gasteiger charge is -2.12. The molecule has 0 aromatic heterocycles. The maximum Gasteiger partial charge on any atom is 0.416 e. The highest BCUT2D eigenvalue weighted by Crippen LogP contribution is 2.31. The van der Waals surface area contributed by atoms with Crippen molar-refractivity contribution in [2.75, 3.05) is 0 Å². The number of hydrogen-bond acceptors (Lipinski definition) is 0. The lowest BCUT2D eigenvalue weighted by molar-refractivity contribution is -0.137. The molecule has 2 aromatic carbocycles. The Morgan fingerprint density at radius 3 is 1.76 bits per heavy atom. The maximum absolute atomic E-state index is 12.5. The quantitative estimate of drug-likeness (QED) is 0.622. The van der Waals surface area contributed by atoms with E-state index in [4.69, 9.17) is 0 Å². The van der Waals surface area contributed by atoms with E-state index in [0.29, 0.717) is 5.92 Å². The van der Waals surface area contributed by atoms with Crippen molar-refractivity contribution in [2.45, 2.75) is 38.8 Å². The largest absolute Gasteiger partial charge is 0.416 e. The molecule has 0 aliphatic rings. The Kier molecular flexibility index (Phi) is 4.71. The summed E-state index contributed by atoms with van der Waals surface area (Å²) in [4.78, 5) is 0. The lowest BCUT2D eigenvalue weighted by atomic mass is 9.94. The van der Waals surface area contributed by atoms with E-state index in [-0.39, 0.29) is 0 Å². The predicted octanol–water partition coefficient (Wildman–Crippen LogP) is 6.28. The van der Waals surface area contributed by atoms with Gasteiger partial charge in [-0.05, 0) is 41.2 Å². The molecule has 1 unspecified atom stereocenters. The summed E-state index contributed by atoms with van der Waals surface area (Å²) in [6, 6.07) is 13.4. The van der Waals surface area contributed by atoms with Gasteiger partial charge in [0.25, 0.3) is 0 Å². The van der Waals surface area contributed by atoms with Crippen molar-refractivity contribution in [1.29, 1.82) is 0 Å². The van der Waals surface area contributed by atoms with Gasteiger partial charge in [-0.2, -0.15) is 13.2 Å². The van der Waals surface area contributed by atoms with Crippen LogP contribution in [-0.4, -0.2) is 0 Å². The van der Waals surface area contributed by atoms with Crippen LogP contribution in [0.1, 0.15) is 43.7 Å². The van der Waals surface area contributed by atoms with E-state index in [1.165, 1.54) is 17.7 Å². The van der Waals surface area contributed by atoms with Gasteiger partial charge in [0, 0.05) is 0 Å². The molecule has 21 heavy (non-hydrogen) atoms. The highest BCUT2D eigenvalue weighted by molar-refractivity contribution is 5.64. The van der Waals surface area contributed by atoms with Crippen LogP contribution in [0.3, 0.4) is 0 Å². The van der Waals surface area contributed by atoms with Gasteiger partial charge in [-0.25, -0.2) is 0 Å². The van der Waals surface area contributed by atoms with Crippen molar-refractivity contribution >= 4 is 0 Å². The van der Waals surface area contributed by atoms with Crippen molar-refractivity contribution in [3.8, 4) is 11.1 Å². The smallest absolute Gasteiger partial charge is 0.166 e. The number of hydrogen-bond donors (Lipinski definition) is 0. The Balaban J connectivity index is 2.19. The van der Waals surface area contributed by atoms with Gasteiger partial charge >= 0.3 is 6.18 Å². The summed E-state index contributed by atoms with van der Waals surface area (Å²) < 4.78 is 37.6. The van der Waals surface area contributed by atoms with E-state index in [2.05, 4.69) is 26.0 Å². The highest BCUT2D eigenvalue weighted by atomic mass is 19.4. The molecule has 0 saturated carbocycles. The molecule has 2 rings (SSSR count). The number of alkyl halides is 3. The molecule has 112 valence electrons. The van der Waals surface area contributed by atoms with Crippen molar-refractivity contribution < 1.29 is 13.2 Å². The van der Waals surface area contributed by atoms with Crippen LogP contribution in [0.5, 0.6) is 0 Å². The first-order valence-corrected chi connectivity index (χ1v) is 7.19. The van der Waals surface area contributed by atoms with Crippen molar-refractivity contribution in [2.24, 2.45) is 0 Å². The summed E-state index contributed by atoms with van der Waals surface area (Å²) in [7, 11) is 0. The van der Waals surface area contributed by atoms with Crippen LogP contribution < -0.4 is 0 Å². The molecular weight excluding hydrogens is 273 g/mol. The Bertz CT molecular complexity index is 565. The van der Waals surface area contributed by atoms with Gasteiger partial charge in [0.2, 0.25) is 0 Å². The van der Waals surface area contributed by atoms with E-state index < -0.39 is 11.7 Å². The van der Waals surface area contributed by atoms with E-state index in [1.807, 2.05) is 12.1 Å². The van der Waals surface area contributed by atoms with Gasteiger partial charge < -0.3 is 0 Å². The summed E-state index contributed by atoms with van der Waals surface area (Å²) in [5.74, 6) is 0.511. The van der Waals surface area contributed by atoms with Gasteiger partial charge in [-0.1, -0.05) is 56.7 Å². The minimum Gasteiger partial charge on any atom is -0.166 e. The van der Waals surface area contributed by atoms with Crippen LogP contribution >= 0.6 is 0 Å². The molecule has 0 amide bonds. The van der Waals surface area contributed by atoms with E-state index in [1.54, 1.807) is 0 Å². The van der Waals surface area contributed by atoms with Gasteiger partial charge in [-0.3, -0.25) is 0 Å². The summed E-state index contributed by atoms with van der Waals surface area (Å²) in [5, 5.41) is 0. The number of benzene rings is 2. The van der Waals surface area contributed by atoms with E-state index in [0.717, 1.165) is 36.1 Å². The van der Waals surface area contributed by atoms with Crippen LogP contribution in [0.25, 0.3) is 11.1 Å². The number of rotatable bonds is 4. The first kappa shape index (κ1) is 15.6. The Morgan fingerprint density at radius 2 is 1.33 bits per heavy atom. The highest BCUT2D eigenvalue weighted by Gasteiger charge is 2.29. The maximum atomic E-state index is 12.5. The Morgan fingerprint density at radius 1 is 0.857 bits per heavy atom. The minimum atomic E-state index is -4.28. The topological polar surface area (TPSA) is 0 Å². The normalized spacial score (nSPS) is 13.2. The monoisotopic (exact) mass is 292 g/mol. The SMILES string of the molecule is CCCC(C)c1ccc(-c2ccc(C(F)(F)F)cc2)cc1. The second-order valence-corrected chi connectivity index (χ2v) is 5.39. The molecule has 0 saturated heterocycles. The lowest BCUT2D eigenvalue weighted by Crippen LogP contribution is -2.03. The molecule has 0 aliphatic carbocycles. The molecule has 0 nitrogen and oxygen atoms in total. The van der Waals surface area contributed by atoms with E-state index in [9.17, 15) is 13.2 Å². The van der Waals surface area contributed by atoms with Gasteiger partial charge in [0.05, 0.1) is 5.56 Å². The molecule has 0 N–H and O–H groups in total. The minimum absolute atomic E-state index is 0.511. The third kappa shape index (κ3) is 3.87. The van der Waals surface area contributed by atoms with Gasteiger partial charge in [0.1, 0.15) is 0 Å². The Labute approximate surface area is 123 Å². The first-order valence-electron chi connectivity index (χ1n) is 7.19. The first-order chi connectivity index (χ1) is 9.91. The van der Waals surface area contributed by atoms with Crippen LogP contribution in [0, 0.1) is 0 Å². The average Bonchev–Trinajstić information content (AvgIpc) is 2.47. The molecule has 1 atom stereocenters. The zero-order chi connectivity index (χ0) is 15.5.